The number of nitrogens with one attached hydrogen (secondary N) is 2. The second kappa shape index (κ2) is 8.97. The first-order valence-corrected chi connectivity index (χ1v) is 10.9. The van der Waals surface area contributed by atoms with Gasteiger partial charge in [-0.2, -0.15) is 0 Å². The number of imide groups is 1. The fraction of sp³-hybridized carbons (Fsp3) is 0.192. The van der Waals surface area contributed by atoms with Gasteiger partial charge in [-0.3, -0.25) is 19.7 Å². The lowest BCUT2D eigenvalue weighted by Gasteiger charge is -2.35. The summed E-state index contributed by atoms with van der Waals surface area (Å²) in [4.78, 5) is 37.0. The summed E-state index contributed by atoms with van der Waals surface area (Å²) in [7, 11) is 0. The molecule has 4 rings (SSSR count). The van der Waals surface area contributed by atoms with Crippen molar-refractivity contribution < 1.29 is 14.4 Å². The molecule has 0 saturated carbocycles. The number of anilines is 1. The average molecular weight is 447 g/mol. The van der Waals surface area contributed by atoms with Crippen molar-refractivity contribution in [1.82, 2.24) is 5.32 Å². The molecule has 0 radical (unpaired) electrons. The molecule has 3 amide bonds. The van der Waals surface area contributed by atoms with Crippen molar-refractivity contribution in [3.63, 3.8) is 0 Å². The molecule has 0 aromatic heterocycles. The molecule has 0 unspecified atom stereocenters. The van der Waals surface area contributed by atoms with E-state index in [4.69, 9.17) is 11.6 Å². The highest BCUT2D eigenvalue weighted by molar-refractivity contribution is 6.33. The summed E-state index contributed by atoms with van der Waals surface area (Å²) < 4.78 is 0. The van der Waals surface area contributed by atoms with Gasteiger partial charge in [-0.1, -0.05) is 61.0 Å². The van der Waals surface area contributed by atoms with Crippen molar-refractivity contribution in [3.8, 4) is 11.1 Å². The summed E-state index contributed by atoms with van der Waals surface area (Å²) in [6.45, 7) is 1.94. The van der Waals surface area contributed by atoms with Crippen molar-refractivity contribution in [2.24, 2.45) is 0 Å². The van der Waals surface area contributed by atoms with Gasteiger partial charge in [0.15, 0.2) is 0 Å². The molecular weight excluding hydrogens is 424 g/mol. The van der Waals surface area contributed by atoms with Crippen LogP contribution in [0.2, 0.25) is 5.02 Å². The quantitative estimate of drug-likeness (QED) is 0.519. The molecular formula is C26H23ClN2O3. The zero-order valence-corrected chi connectivity index (χ0v) is 18.4. The summed E-state index contributed by atoms with van der Waals surface area (Å²) in [5.41, 5.74) is 2.95. The third kappa shape index (κ3) is 4.16. The molecule has 2 N–H and O–H groups in total. The second-order valence-electron chi connectivity index (χ2n) is 7.91. The minimum Gasteiger partial charge on any atom is -0.322 e. The van der Waals surface area contributed by atoms with Gasteiger partial charge in [0.1, 0.15) is 0 Å². The second-order valence-corrected chi connectivity index (χ2v) is 8.31. The highest BCUT2D eigenvalue weighted by Crippen LogP contribution is 2.36. The Kier molecular flexibility index (Phi) is 6.10. The van der Waals surface area contributed by atoms with Crippen molar-refractivity contribution in [1.29, 1.82) is 0 Å². The van der Waals surface area contributed by atoms with E-state index in [9.17, 15) is 14.4 Å². The lowest BCUT2D eigenvalue weighted by atomic mass is 9.72. The molecule has 3 aromatic rings. The van der Waals surface area contributed by atoms with E-state index in [1.807, 2.05) is 49.4 Å². The van der Waals surface area contributed by atoms with E-state index in [1.54, 1.807) is 30.3 Å². The number of benzene rings is 3. The minimum absolute atomic E-state index is 0.235. The maximum absolute atomic E-state index is 12.8. The van der Waals surface area contributed by atoms with Crippen LogP contribution in [-0.4, -0.2) is 17.7 Å². The predicted octanol–water partition coefficient (Wildman–Crippen LogP) is 5.34. The summed E-state index contributed by atoms with van der Waals surface area (Å²) in [5, 5.41) is 5.93. The number of carbonyl (C=O) groups excluding carboxylic acids is 3. The Morgan fingerprint density at radius 3 is 2.41 bits per heavy atom. The number of piperidine rings is 1. The molecule has 0 aliphatic carbocycles. The Morgan fingerprint density at radius 1 is 1.03 bits per heavy atom. The van der Waals surface area contributed by atoms with Crippen LogP contribution in [0.3, 0.4) is 0 Å². The SMILES string of the molecule is CC[C@@]1(c2ccc(NC(=O)c3ccc(Cl)c(-c4ccccc4)c3)cc2)CCC(=O)NC1=O. The van der Waals surface area contributed by atoms with Crippen LogP contribution in [0.5, 0.6) is 0 Å². The van der Waals surface area contributed by atoms with Gasteiger partial charge in [-0.25, -0.2) is 0 Å². The molecule has 1 atom stereocenters. The molecule has 0 bridgehead atoms. The number of halogens is 1. The molecule has 0 spiro atoms. The van der Waals surface area contributed by atoms with Gasteiger partial charge in [0.2, 0.25) is 11.8 Å². The smallest absolute Gasteiger partial charge is 0.255 e. The first kappa shape index (κ1) is 21.8. The van der Waals surface area contributed by atoms with Gasteiger partial charge in [0, 0.05) is 28.3 Å². The fourth-order valence-corrected chi connectivity index (χ4v) is 4.37. The molecule has 1 heterocycles. The van der Waals surface area contributed by atoms with Crippen LogP contribution in [0.25, 0.3) is 11.1 Å². The van der Waals surface area contributed by atoms with Gasteiger partial charge >= 0.3 is 0 Å². The zero-order chi connectivity index (χ0) is 22.7. The maximum atomic E-state index is 12.8. The minimum atomic E-state index is -0.725. The van der Waals surface area contributed by atoms with Crippen LogP contribution in [0.1, 0.15) is 42.1 Å². The fourth-order valence-electron chi connectivity index (χ4n) is 4.15. The third-order valence-electron chi connectivity index (χ3n) is 6.08. The lowest BCUT2D eigenvalue weighted by Crippen LogP contribution is -2.51. The zero-order valence-electron chi connectivity index (χ0n) is 17.7. The largest absolute Gasteiger partial charge is 0.322 e. The molecule has 5 nitrogen and oxygen atoms in total. The van der Waals surface area contributed by atoms with Crippen molar-refractivity contribution >= 4 is 35.0 Å². The summed E-state index contributed by atoms with van der Waals surface area (Å²) in [6, 6.07) is 22.1. The number of amides is 3. The standard InChI is InChI=1S/C26H23ClN2O3/c1-2-26(15-14-23(30)29-25(26)32)19-9-11-20(12-10-19)28-24(31)18-8-13-22(27)21(16-18)17-6-4-3-5-7-17/h3-13,16H,2,14-15H2,1H3,(H,28,31)(H,29,30,32)/t26-/m0/s1. The number of rotatable bonds is 5. The molecule has 1 aliphatic rings. The Morgan fingerprint density at radius 2 is 1.75 bits per heavy atom. The van der Waals surface area contributed by atoms with E-state index in [2.05, 4.69) is 10.6 Å². The van der Waals surface area contributed by atoms with E-state index in [1.165, 1.54) is 0 Å². The van der Waals surface area contributed by atoms with Gasteiger partial charge in [-0.15, -0.1) is 0 Å². The Balaban J connectivity index is 1.54. The molecule has 1 saturated heterocycles. The number of carbonyl (C=O) groups is 3. The first-order chi connectivity index (χ1) is 15.4. The van der Waals surface area contributed by atoms with Crippen LogP contribution in [-0.2, 0) is 15.0 Å². The average Bonchev–Trinajstić information content (AvgIpc) is 2.81. The molecule has 32 heavy (non-hydrogen) atoms. The molecule has 3 aromatic carbocycles. The highest BCUT2D eigenvalue weighted by atomic mass is 35.5. The predicted molar refractivity (Wildman–Crippen MR) is 126 cm³/mol. The highest BCUT2D eigenvalue weighted by Gasteiger charge is 2.42. The van der Waals surface area contributed by atoms with Gasteiger partial charge in [0.05, 0.1) is 5.41 Å². The van der Waals surface area contributed by atoms with Gasteiger partial charge < -0.3 is 5.32 Å². The summed E-state index contributed by atoms with van der Waals surface area (Å²) in [5.74, 6) is -0.749. The Labute approximate surface area is 191 Å². The molecule has 162 valence electrons. The van der Waals surface area contributed by atoms with Crippen molar-refractivity contribution in [2.45, 2.75) is 31.6 Å². The van der Waals surface area contributed by atoms with Crippen LogP contribution < -0.4 is 10.6 Å². The number of hydrogen-bond acceptors (Lipinski definition) is 3. The van der Waals surface area contributed by atoms with E-state index in [0.29, 0.717) is 35.5 Å². The van der Waals surface area contributed by atoms with Gasteiger partial charge in [-0.05, 0) is 54.3 Å². The van der Waals surface area contributed by atoms with Crippen molar-refractivity contribution in [3.05, 3.63) is 88.9 Å². The van der Waals surface area contributed by atoms with E-state index in [0.717, 1.165) is 16.7 Å². The van der Waals surface area contributed by atoms with Crippen LogP contribution in [0.15, 0.2) is 72.8 Å². The number of hydrogen-bond donors (Lipinski definition) is 2. The first-order valence-electron chi connectivity index (χ1n) is 10.5. The normalized spacial score (nSPS) is 18.2. The van der Waals surface area contributed by atoms with E-state index >= 15 is 0 Å². The van der Waals surface area contributed by atoms with Crippen LogP contribution in [0, 0.1) is 0 Å². The summed E-state index contributed by atoms with van der Waals surface area (Å²) in [6.07, 6.45) is 1.39. The Bertz CT molecular complexity index is 1180. The lowest BCUT2D eigenvalue weighted by molar-refractivity contribution is -0.138. The van der Waals surface area contributed by atoms with Gasteiger partial charge in [0.25, 0.3) is 5.91 Å². The monoisotopic (exact) mass is 446 g/mol. The topological polar surface area (TPSA) is 75.3 Å². The summed E-state index contributed by atoms with van der Waals surface area (Å²) >= 11 is 6.35. The van der Waals surface area contributed by atoms with Crippen LogP contribution >= 0.6 is 11.6 Å². The van der Waals surface area contributed by atoms with Crippen molar-refractivity contribution in [2.75, 3.05) is 5.32 Å². The third-order valence-corrected chi connectivity index (χ3v) is 6.41. The van der Waals surface area contributed by atoms with E-state index in [-0.39, 0.29) is 17.7 Å². The molecule has 6 heteroatoms. The maximum Gasteiger partial charge on any atom is 0.255 e. The Hall–Kier alpha value is -3.44. The van der Waals surface area contributed by atoms with Crippen LogP contribution in [0.4, 0.5) is 5.69 Å². The molecule has 1 fully saturated rings. The molecule has 1 aliphatic heterocycles. The van der Waals surface area contributed by atoms with E-state index < -0.39 is 5.41 Å².